The number of ether oxygens (including phenoxy) is 1. The summed E-state index contributed by atoms with van der Waals surface area (Å²) in [7, 11) is 0. The first-order chi connectivity index (χ1) is 14.8. The second-order valence-electron chi connectivity index (χ2n) is 7.40. The molecule has 0 spiro atoms. The Balaban J connectivity index is 1.35. The van der Waals surface area contributed by atoms with Gasteiger partial charge in [0.05, 0.1) is 0 Å². The fraction of sp³-hybridized carbons (Fsp3) is 0.192. The van der Waals surface area contributed by atoms with E-state index in [4.69, 9.17) is 4.74 Å². The van der Waals surface area contributed by atoms with Crippen LogP contribution in [0.2, 0.25) is 0 Å². The molecule has 0 saturated carbocycles. The highest BCUT2D eigenvalue weighted by atomic mass is 16.5. The fourth-order valence-electron chi connectivity index (χ4n) is 3.52. The maximum atomic E-state index is 12.3. The van der Waals surface area contributed by atoms with E-state index in [-0.39, 0.29) is 5.91 Å². The van der Waals surface area contributed by atoms with Crippen LogP contribution in [-0.2, 0) is 6.61 Å². The highest BCUT2D eigenvalue weighted by Gasteiger charge is 2.09. The smallest absolute Gasteiger partial charge is 0.269 e. The zero-order valence-electron chi connectivity index (χ0n) is 16.9. The van der Waals surface area contributed by atoms with Crippen molar-refractivity contribution in [2.45, 2.75) is 32.3 Å². The lowest BCUT2D eigenvalue weighted by molar-refractivity contribution is 0.0938. The topological polar surface area (TPSA) is 50.4 Å². The van der Waals surface area contributed by atoms with Crippen LogP contribution in [0.15, 0.2) is 90.6 Å². The number of amides is 1. The molecule has 30 heavy (non-hydrogen) atoms. The van der Waals surface area contributed by atoms with Crippen LogP contribution in [-0.4, -0.2) is 5.91 Å². The average Bonchev–Trinajstić information content (AvgIpc) is 2.83. The Kier molecular flexibility index (Phi) is 6.45. The summed E-state index contributed by atoms with van der Waals surface area (Å²) in [6, 6.07) is 25.8. The van der Waals surface area contributed by atoms with Crippen LogP contribution in [0.3, 0.4) is 0 Å². The van der Waals surface area contributed by atoms with Gasteiger partial charge in [-0.05, 0) is 55.0 Å². The summed E-state index contributed by atoms with van der Waals surface area (Å²) in [5, 5.41) is 0. The van der Waals surface area contributed by atoms with Gasteiger partial charge in [-0.25, -0.2) is 0 Å². The van der Waals surface area contributed by atoms with Crippen molar-refractivity contribution in [2.75, 3.05) is 0 Å². The molecule has 3 aromatic rings. The van der Waals surface area contributed by atoms with Gasteiger partial charge in [0.25, 0.3) is 5.91 Å². The molecule has 0 unspecified atom stereocenters. The van der Waals surface area contributed by atoms with Gasteiger partial charge in [0.1, 0.15) is 12.4 Å². The lowest BCUT2D eigenvalue weighted by Gasteiger charge is -2.15. The Hall–Kier alpha value is -3.53. The van der Waals surface area contributed by atoms with E-state index in [9.17, 15) is 4.79 Å². The van der Waals surface area contributed by atoms with E-state index in [2.05, 4.69) is 35.1 Å². The van der Waals surface area contributed by atoms with E-state index in [1.54, 1.807) is 0 Å². The first-order valence-electron chi connectivity index (χ1n) is 10.4. The minimum Gasteiger partial charge on any atom is -0.488 e. The van der Waals surface area contributed by atoms with Crippen molar-refractivity contribution < 1.29 is 9.53 Å². The Morgan fingerprint density at radius 1 is 0.867 bits per heavy atom. The quantitative estimate of drug-likeness (QED) is 0.508. The van der Waals surface area contributed by atoms with E-state index in [1.165, 1.54) is 6.42 Å². The number of allylic oxidation sites excluding steroid dienone is 2. The lowest BCUT2D eigenvalue weighted by Crippen LogP contribution is -2.37. The fourth-order valence-corrected chi connectivity index (χ4v) is 3.52. The molecule has 4 heteroatoms. The number of nitrogens with one attached hydrogen (secondary N) is 2. The van der Waals surface area contributed by atoms with Crippen molar-refractivity contribution in [3.63, 3.8) is 0 Å². The lowest BCUT2D eigenvalue weighted by atomic mass is 10.0. The van der Waals surface area contributed by atoms with Crippen LogP contribution in [0.1, 0.15) is 41.6 Å². The van der Waals surface area contributed by atoms with Gasteiger partial charge in [-0.3, -0.25) is 10.2 Å². The van der Waals surface area contributed by atoms with Crippen molar-refractivity contribution in [1.29, 1.82) is 0 Å². The Labute approximate surface area is 177 Å². The molecule has 3 aromatic carbocycles. The number of hydrogen-bond donors (Lipinski definition) is 2. The molecule has 0 aromatic heterocycles. The molecule has 1 aliphatic rings. The number of carbonyl (C=O) groups excluding carboxylic acids is 1. The third-order valence-electron chi connectivity index (χ3n) is 5.21. The SMILES string of the molecule is O=C(NNC1=CCCCC1)c1ccc(COc2ccccc2-c2ccccc2)cc1. The summed E-state index contributed by atoms with van der Waals surface area (Å²) in [5.74, 6) is 0.707. The summed E-state index contributed by atoms with van der Waals surface area (Å²) in [6.07, 6.45) is 6.59. The van der Waals surface area contributed by atoms with Crippen LogP contribution in [0.5, 0.6) is 5.75 Å². The summed E-state index contributed by atoms with van der Waals surface area (Å²) < 4.78 is 6.08. The maximum absolute atomic E-state index is 12.3. The molecule has 0 atom stereocenters. The van der Waals surface area contributed by atoms with Gasteiger partial charge >= 0.3 is 0 Å². The molecule has 2 N–H and O–H groups in total. The van der Waals surface area contributed by atoms with Crippen LogP contribution in [0, 0.1) is 0 Å². The Morgan fingerprint density at radius 2 is 1.63 bits per heavy atom. The standard InChI is InChI=1S/C26H26N2O2/c29-26(28-27-23-11-5-2-6-12-23)22-17-15-20(16-18-22)19-30-25-14-8-7-13-24(25)21-9-3-1-4-10-21/h1,3-4,7-11,13-18,27H,2,5-6,12,19H2,(H,28,29). The summed E-state index contributed by atoms with van der Waals surface area (Å²) in [6.45, 7) is 0.441. The molecular weight excluding hydrogens is 372 g/mol. The van der Waals surface area contributed by atoms with E-state index in [0.29, 0.717) is 12.2 Å². The summed E-state index contributed by atoms with van der Waals surface area (Å²) in [5.41, 5.74) is 10.7. The molecule has 152 valence electrons. The molecular formula is C26H26N2O2. The Bertz CT molecular complexity index is 1010. The minimum absolute atomic E-state index is 0.136. The van der Waals surface area contributed by atoms with Crippen molar-refractivity contribution in [3.05, 3.63) is 102 Å². The molecule has 1 amide bonds. The predicted octanol–water partition coefficient (Wildman–Crippen LogP) is 5.62. The largest absolute Gasteiger partial charge is 0.488 e. The average molecular weight is 399 g/mol. The van der Waals surface area contributed by atoms with Gasteiger partial charge < -0.3 is 10.2 Å². The third-order valence-corrected chi connectivity index (χ3v) is 5.21. The number of benzene rings is 3. The van der Waals surface area contributed by atoms with Gasteiger partial charge in [0, 0.05) is 16.8 Å². The van der Waals surface area contributed by atoms with Gasteiger partial charge in [0.2, 0.25) is 0 Å². The maximum Gasteiger partial charge on any atom is 0.269 e. The van der Waals surface area contributed by atoms with E-state index >= 15 is 0 Å². The second-order valence-corrected chi connectivity index (χ2v) is 7.40. The van der Waals surface area contributed by atoms with Crippen LogP contribution < -0.4 is 15.6 Å². The van der Waals surface area contributed by atoms with Crippen molar-refractivity contribution in [2.24, 2.45) is 0 Å². The monoisotopic (exact) mass is 398 g/mol. The molecule has 0 fully saturated rings. The highest BCUT2D eigenvalue weighted by Crippen LogP contribution is 2.30. The number of rotatable bonds is 7. The minimum atomic E-state index is -0.136. The van der Waals surface area contributed by atoms with E-state index < -0.39 is 0 Å². The molecule has 0 bridgehead atoms. The Morgan fingerprint density at radius 3 is 2.40 bits per heavy atom. The zero-order valence-corrected chi connectivity index (χ0v) is 16.9. The van der Waals surface area contributed by atoms with E-state index in [0.717, 1.165) is 47.4 Å². The second kappa shape index (κ2) is 9.79. The number of hydrogen-bond acceptors (Lipinski definition) is 3. The molecule has 0 radical (unpaired) electrons. The molecule has 4 nitrogen and oxygen atoms in total. The number of para-hydroxylation sites is 1. The zero-order chi connectivity index (χ0) is 20.6. The van der Waals surface area contributed by atoms with Gasteiger partial charge in [0.15, 0.2) is 0 Å². The molecule has 0 heterocycles. The van der Waals surface area contributed by atoms with Crippen molar-refractivity contribution >= 4 is 5.91 Å². The number of carbonyl (C=O) groups is 1. The summed E-state index contributed by atoms with van der Waals surface area (Å²) in [4.78, 5) is 12.3. The van der Waals surface area contributed by atoms with E-state index in [1.807, 2.05) is 60.7 Å². The van der Waals surface area contributed by atoms with Crippen LogP contribution in [0.4, 0.5) is 0 Å². The molecule has 0 aliphatic heterocycles. The summed E-state index contributed by atoms with van der Waals surface area (Å²) >= 11 is 0. The van der Waals surface area contributed by atoms with Crippen molar-refractivity contribution in [3.8, 4) is 16.9 Å². The first kappa shape index (κ1) is 19.8. The molecule has 4 rings (SSSR count). The molecule has 0 saturated heterocycles. The van der Waals surface area contributed by atoms with Crippen molar-refractivity contribution in [1.82, 2.24) is 10.9 Å². The van der Waals surface area contributed by atoms with Crippen LogP contribution in [0.25, 0.3) is 11.1 Å². The van der Waals surface area contributed by atoms with Crippen LogP contribution >= 0.6 is 0 Å². The number of hydrazine groups is 1. The molecule has 1 aliphatic carbocycles. The van der Waals surface area contributed by atoms with Gasteiger partial charge in [-0.1, -0.05) is 66.7 Å². The third kappa shape index (κ3) is 5.09. The highest BCUT2D eigenvalue weighted by molar-refractivity contribution is 5.93. The van der Waals surface area contributed by atoms with Gasteiger partial charge in [-0.2, -0.15) is 0 Å². The predicted molar refractivity (Wildman–Crippen MR) is 120 cm³/mol. The van der Waals surface area contributed by atoms with Gasteiger partial charge in [-0.15, -0.1) is 0 Å². The first-order valence-corrected chi connectivity index (χ1v) is 10.4. The normalized spacial score (nSPS) is 13.3.